The van der Waals surface area contributed by atoms with E-state index in [2.05, 4.69) is 0 Å². The van der Waals surface area contributed by atoms with Gasteiger partial charge in [0, 0.05) is 0 Å². The second-order valence-corrected chi connectivity index (χ2v) is 0. The maximum absolute atomic E-state index is 0. The molecular weight excluding hydrogens is 296 g/mol. The summed E-state index contributed by atoms with van der Waals surface area (Å²) in [4.78, 5) is 0. The molecule has 0 unspecified atom stereocenters. The Bertz CT molecular complexity index is 15.5. The van der Waals surface area contributed by atoms with Crippen molar-refractivity contribution >= 4 is 0 Å². The average Bonchev–Trinajstić information content (AvgIpc) is 0. The molecule has 0 aliphatic carbocycles. The van der Waals surface area contributed by atoms with Crippen molar-refractivity contribution in [3.63, 3.8) is 0 Å². The molecule has 3 radical (unpaired) electrons. The van der Waals surface area contributed by atoms with Crippen LogP contribution in [-0.2, 0) is 90.2 Å². The fraction of sp³-hybridized carbons (Fsp3) is 0. The zero-order chi connectivity index (χ0) is 0. The molecule has 0 rings (SSSR count). The molecule has 0 aromatic rings. The first-order valence-corrected chi connectivity index (χ1v) is 0. The van der Waals surface area contributed by atoms with Crippen molar-refractivity contribution in [3.05, 3.63) is 0 Å². The van der Waals surface area contributed by atoms with Gasteiger partial charge in [-0.2, -0.15) is 0 Å². The second kappa shape index (κ2) is 50.1. The first kappa shape index (κ1) is 75.5. The summed E-state index contributed by atoms with van der Waals surface area (Å²) in [6.45, 7) is 0. The zero-order valence-corrected chi connectivity index (χ0v) is 7.79. The van der Waals surface area contributed by atoms with Gasteiger partial charge in [0.25, 0.3) is 0 Å². The maximum Gasteiger partial charge on any atom is 3.00 e. The summed E-state index contributed by atoms with van der Waals surface area (Å²) in [5.74, 6) is 0. The Hall–Kier alpha value is 2.53. The van der Waals surface area contributed by atoms with Crippen LogP contribution < -0.4 is 0 Å². The van der Waals surface area contributed by atoms with E-state index in [4.69, 9.17) is 0 Å². The molecule has 0 saturated heterocycles. The molecule has 0 N–H and O–H groups in total. The minimum absolute atomic E-state index is 0. The predicted octanol–water partition coefficient (Wildman–Crippen LogP) is -0.131. The molecule has 0 heterocycles. The molecule has 0 saturated carbocycles. The van der Waals surface area contributed by atoms with E-state index in [9.17, 15) is 0 Å². The van der Waals surface area contributed by atoms with Crippen LogP contribution in [0.25, 0.3) is 0 Å². The smallest absolute Gasteiger partial charge is 2.00 e. The van der Waals surface area contributed by atoms with E-state index in [-0.39, 0.29) is 90.2 Å². The Morgan fingerprint density at radius 3 is 1.00 bits per heavy atom. The number of rotatable bonds is 0. The van der Waals surface area contributed by atoms with Crippen LogP contribution in [0.4, 0.5) is 0 Å². The summed E-state index contributed by atoms with van der Waals surface area (Å²) >= 11 is 0. The van der Waals surface area contributed by atoms with Gasteiger partial charge in [-0.1, -0.05) is 0 Å². The Morgan fingerprint density at radius 2 is 1.00 bits per heavy atom. The van der Waals surface area contributed by atoms with Crippen LogP contribution in [0.1, 0.15) is 0 Å². The van der Waals surface area contributed by atoms with Gasteiger partial charge >= 0.3 is 84.8 Å². The van der Waals surface area contributed by atoms with E-state index in [0.29, 0.717) is 0 Å². The maximum atomic E-state index is 0. The second-order valence-electron chi connectivity index (χ2n) is 0. The Kier molecular flexibility index (Phi) is 631. The van der Waals surface area contributed by atoms with Crippen molar-refractivity contribution in [2.24, 2.45) is 0 Å². The van der Waals surface area contributed by atoms with Crippen LogP contribution in [-0.4, -0.2) is 0 Å². The molecule has 0 aliphatic heterocycles. The fourth-order valence-electron chi connectivity index (χ4n) is 0. The molecule has 1 nitrogen and oxygen atoms in total. The summed E-state index contributed by atoms with van der Waals surface area (Å²) in [5.41, 5.74) is 0. The predicted molar refractivity (Wildman–Crippen MR) is 0.686 cm³/mol. The van der Waals surface area contributed by atoms with E-state index < -0.39 is 0 Å². The molecule has 0 fully saturated rings. The minimum atomic E-state index is 0. The van der Waals surface area contributed by atoms with E-state index in [1.807, 2.05) is 0 Å². The average molecular weight is 296 g/mol. The van der Waals surface area contributed by atoms with E-state index in [0.717, 1.165) is 0 Å². The van der Waals surface area contributed by atoms with Gasteiger partial charge < -0.3 is 5.48 Å². The van der Waals surface area contributed by atoms with Gasteiger partial charge in [0.2, 0.25) is 0 Å². The van der Waals surface area contributed by atoms with Crippen molar-refractivity contribution in [1.29, 1.82) is 0 Å². The molecule has 6 heteroatoms. The summed E-state index contributed by atoms with van der Waals surface area (Å²) in [6, 6.07) is 0. The summed E-state index contributed by atoms with van der Waals surface area (Å²) in [6.07, 6.45) is 0. The number of hydrogen-bond donors (Lipinski definition) is 0. The Balaban J connectivity index is 0. The van der Waals surface area contributed by atoms with Crippen LogP contribution in [0.2, 0.25) is 0 Å². The quantitative estimate of drug-likeness (QED) is 0.557. The summed E-state index contributed by atoms with van der Waals surface area (Å²) in [7, 11) is 0. The van der Waals surface area contributed by atoms with E-state index in [1.165, 1.54) is 0 Å². The van der Waals surface area contributed by atoms with Crippen molar-refractivity contribution in [3.8, 4) is 0 Å². The molecule has 0 atom stereocenters. The third-order valence-electron chi connectivity index (χ3n) is 0. The van der Waals surface area contributed by atoms with Crippen LogP contribution in [0.15, 0.2) is 0 Å². The van der Waals surface area contributed by atoms with E-state index in [1.54, 1.807) is 0 Å². The van der Waals surface area contributed by atoms with Crippen LogP contribution in [0, 0.1) is 0 Å². The Labute approximate surface area is 89.3 Å². The number of hydrogen-bond acceptors (Lipinski definition) is 0. The van der Waals surface area contributed by atoms with Gasteiger partial charge in [0.1, 0.15) is 0 Å². The normalized spacial score (nSPS) is 0. The van der Waals surface area contributed by atoms with Crippen LogP contribution in [0.3, 0.4) is 0 Å². The Morgan fingerprint density at radius 1 is 1.00 bits per heavy atom. The largest absolute Gasteiger partial charge is 3.00 e. The zero-order valence-electron chi connectivity index (χ0n) is 2.20. The van der Waals surface area contributed by atoms with Crippen molar-refractivity contribution < 1.29 is 90.2 Å². The molecule has 0 amide bonds. The third-order valence-corrected chi connectivity index (χ3v) is 0. The molecule has 0 bridgehead atoms. The topological polar surface area (TPSA) is 28.5 Å². The van der Waals surface area contributed by atoms with Crippen molar-refractivity contribution in [2.45, 2.75) is 0 Å². The van der Waals surface area contributed by atoms with Gasteiger partial charge in [-0.3, -0.25) is 0 Å². The summed E-state index contributed by atoms with van der Waals surface area (Å²) in [5, 5.41) is 0. The van der Waals surface area contributed by atoms with E-state index >= 15 is 0 Å². The third kappa shape index (κ3) is 31.2. The SMILES string of the molecule is [Co+2].[Cr+3].[Fe+2].[Mn+2].[Ni+2].[O-2]. The minimum Gasteiger partial charge on any atom is -2.00 e. The summed E-state index contributed by atoms with van der Waals surface area (Å²) < 4.78 is 0. The van der Waals surface area contributed by atoms with Gasteiger partial charge in [0.15, 0.2) is 0 Å². The van der Waals surface area contributed by atoms with Gasteiger partial charge in [-0.05, 0) is 0 Å². The van der Waals surface area contributed by atoms with Crippen molar-refractivity contribution in [2.75, 3.05) is 0 Å². The van der Waals surface area contributed by atoms with Crippen molar-refractivity contribution in [1.82, 2.24) is 0 Å². The van der Waals surface area contributed by atoms with Crippen LogP contribution in [0.5, 0.6) is 0 Å². The molecule has 0 aromatic carbocycles. The monoisotopic (exact) mass is 296 g/mol. The van der Waals surface area contributed by atoms with Gasteiger partial charge in [-0.15, -0.1) is 0 Å². The molecular formula is CoCrFeMnNiO+9. The first-order chi connectivity index (χ1) is 0. The molecule has 0 aliphatic rings. The van der Waals surface area contributed by atoms with Crippen LogP contribution >= 0.6 is 0 Å². The molecule has 6 heavy (non-hydrogen) atoms. The van der Waals surface area contributed by atoms with Gasteiger partial charge in [-0.25, -0.2) is 0 Å². The molecule has 0 aromatic heterocycles. The molecule has 0 spiro atoms. The fourth-order valence-corrected chi connectivity index (χ4v) is 0. The van der Waals surface area contributed by atoms with Gasteiger partial charge in [0.05, 0.1) is 0 Å². The standard InChI is InChI=1S/Co.Cr.Fe.Mn.Ni.O/q+2;+3;3*+2;-2. The first-order valence-electron chi connectivity index (χ1n) is 0. The molecule has 37 valence electrons.